The number of nitrogens with one attached hydrogen (secondary N) is 1. The van der Waals surface area contributed by atoms with Crippen molar-refractivity contribution >= 4 is 0 Å². The monoisotopic (exact) mass is 259 g/mol. The molecule has 2 rings (SSSR count). The molecule has 102 valence electrons. The lowest BCUT2D eigenvalue weighted by Crippen LogP contribution is -2.22. The van der Waals surface area contributed by atoms with E-state index in [4.69, 9.17) is 9.15 Å². The van der Waals surface area contributed by atoms with Gasteiger partial charge in [0.25, 0.3) is 0 Å². The number of aryl methyl sites for hydroxylation is 1. The molecule has 0 spiro atoms. The number of furan rings is 1. The van der Waals surface area contributed by atoms with Crippen LogP contribution in [0.3, 0.4) is 0 Å². The Bertz CT molecular complexity index is 533. The van der Waals surface area contributed by atoms with Crippen LogP contribution in [0.1, 0.15) is 43.0 Å². The van der Waals surface area contributed by atoms with E-state index in [0.717, 1.165) is 22.8 Å². The Kier molecular flexibility index (Phi) is 4.27. The van der Waals surface area contributed by atoms with E-state index in [1.807, 2.05) is 37.3 Å². The molecule has 1 unspecified atom stereocenters. The Balaban J connectivity index is 2.10. The lowest BCUT2D eigenvalue weighted by atomic mass is 10.1. The number of ether oxygens (including phenoxy) is 1. The predicted octanol–water partition coefficient (Wildman–Crippen LogP) is 4.01. The van der Waals surface area contributed by atoms with E-state index in [9.17, 15) is 0 Å². The summed E-state index contributed by atoms with van der Waals surface area (Å²) in [7, 11) is 1.70. The van der Waals surface area contributed by atoms with Gasteiger partial charge >= 0.3 is 0 Å². The first-order chi connectivity index (χ1) is 9.11. The maximum Gasteiger partial charge on any atom is 0.123 e. The Morgan fingerprint density at radius 1 is 1.05 bits per heavy atom. The van der Waals surface area contributed by atoms with Gasteiger partial charge < -0.3 is 14.5 Å². The summed E-state index contributed by atoms with van der Waals surface area (Å²) in [6, 6.07) is 12.4. The molecule has 0 saturated carbocycles. The minimum Gasteiger partial charge on any atom is -0.496 e. The second-order valence-corrected chi connectivity index (χ2v) is 4.80. The third kappa shape index (κ3) is 3.18. The lowest BCUT2D eigenvalue weighted by molar-refractivity contribution is 0.375. The van der Waals surface area contributed by atoms with Crippen LogP contribution in [0.25, 0.3) is 0 Å². The average Bonchev–Trinajstić information content (AvgIpc) is 2.85. The number of rotatable bonds is 5. The maximum atomic E-state index is 5.64. The number of methoxy groups -OCH3 is 1. The zero-order valence-corrected chi connectivity index (χ0v) is 11.9. The fraction of sp³-hybridized carbons (Fsp3) is 0.375. The molecule has 3 nitrogen and oxygen atoms in total. The molecule has 0 aliphatic heterocycles. The van der Waals surface area contributed by atoms with E-state index >= 15 is 0 Å². The van der Waals surface area contributed by atoms with E-state index in [2.05, 4.69) is 25.2 Å². The third-order valence-corrected chi connectivity index (χ3v) is 3.29. The summed E-state index contributed by atoms with van der Waals surface area (Å²) in [4.78, 5) is 0. The Morgan fingerprint density at radius 3 is 2.42 bits per heavy atom. The molecule has 0 radical (unpaired) electrons. The standard InChI is InChI=1S/C16H21NO2/c1-11-9-10-15(19-11)13(3)17-12(2)14-7-5-6-8-16(14)18-4/h5-10,12-13,17H,1-4H3/t12-,13?/m0/s1. The van der Waals surface area contributed by atoms with Gasteiger partial charge in [0, 0.05) is 11.6 Å². The van der Waals surface area contributed by atoms with Gasteiger partial charge in [-0.1, -0.05) is 18.2 Å². The van der Waals surface area contributed by atoms with E-state index in [1.165, 1.54) is 0 Å². The molecule has 0 fully saturated rings. The smallest absolute Gasteiger partial charge is 0.123 e. The first-order valence-corrected chi connectivity index (χ1v) is 6.57. The van der Waals surface area contributed by atoms with Crippen LogP contribution in [-0.2, 0) is 0 Å². The van der Waals surface area contributed by atoms with Gasteiger partial charge in [-0.25, -0.2) is 0 Å². The molecular formula is C16H21NO2. The van der Waals surface area contributed by atoms with Gasteiger partial charge in [-0.2, -0.15) is 0 Å². The van der Waals surface area contributed by atoms with Crippen molar-refractivity contribution in [2.75, 3.05) is 7.11 Å². The van der Waals surface area contributed by atoms with Crippen LogP contribution in [0.4, 0.5) is 0 Å². The van der Waals surface area contributed by atoms with Crippen molar-refractivity contribution < 1.29 is 9.15 Å². The SMILES string of the molecule is COc1ccccc1[C@H](C)NC(C)c1ccc(C)o1. The van der Waals surface area contributed by atoms with E-state index in [0.29, 0.717) is 0 Å². The average molecular weight is 259 g/mol. The fourth-order valence-corrected chi connectivity index (χ4v) is 2.26. The quantitative estimate of drug-likeness (QED) is 0.881. The highest BCUT2D eigenvalue weighted by molar-refractivity contribution is 5.35. The van der Waals surface area contributed by atoms with E-state index in [1.54, 1.807) is 7.11 Å². The number of benzene rings is 1. The fourth-order valence-electron chi connectivity index (χ4n) is 2.26. The molecule has 1 aromatic carbocycles. The number of para-hydroxylation sites is 1. The maximum absolute atomic E-state index is 5.64. The topological polar surface area (TPSA) is 34.4 Å². The molecule has 2 atom stereocenters. The minimum atomic E-state index is 0.161. The number of hydrogen-bond donors (Lipinski definition) is 1. The summed E-state index contributed by atoms with van der Waals surface area (Å²) < 4.78 is 11.0. The van der Waals surface area contributed by atoms with Gasteiger partial charge in [-0.3, -0.25) is 0 Å². The van der Waals surface area contributed by atoms with Crippen molar-refractivity contribution in [3.8, 4) is 5.75 Å². The van der Waals surface area contributed by atoms with Crippen molar-refractivity contribution in [3.63, 3.8) is 0 Å². The minimum absolute atomic E-state index is 0.161. The van der Waals surface area contributed by atoms with Gasteiger partial charge in [0.15, 0.2) is 0 Å². The van der Waals surface area contributed by atoms with Gasteiger partial charge in [-0.05, 0) is 39.0 Å². The lowest BCUT2D eigenvalue weighted by Gasteiger charge is -2.20. The summed E-state index contributed by atoms with van der Waals surface area (Å²) in [5.74, 6) is 2.80. The molecule has 0 saturated heterocycles. The summed E-state index contributed by atoms with van der Waals surface area (Å²) >= 11 is 0. The normalized spacial score (nSPS) is 14.1. The van der Waals surface area contributed by atoms with Crippen molar-refractivity contribution in [3.05, 3.63) is 53.5 Å². The van der Waals surface area contributed by atoms with Crippen LogP contribution in [0.2, 0.25) is 0 Å². The van der Waals surface area contributed by atoms with Gasteiger partial charge in [0.2, 0.25) is 0 Å². The molecule has 1 heterocycles. The highest BCUT2D eigenvalue weighted by Crippen LogP contribution is 2.27. The van der Waals surface area contributed by atoms with Crippen LogP contribution >= 0.6 is 0 Å². The predicted molar refractivity (Wildman–Crippen MR) is 76.4 cm³/mol. The molecule has 0 aliphatic carbocycles. The van der Waals surface area contributed by atoms with Crippen LogP contribution < -0.4 is 10.1 Å². The molecule has 1 aromatic heterocycles. The van der Waals surface area contributed by atoms with Crippen LogP contribution in [0.15, 0.2) is 40.8 Å². The molecule has 2 aromatic rings. The molecular weight excluding hydrogens is 238 g/mol. The summed E-state index contributed by atoms with van der Waals surface area (Å²) in [6.45, 7) is 6.19. The van der Waals surface area contributed by atoms with Gasteiger partial charge in [-0.15, -0.1) is 0 Å². The summed E-state index contributed by atoms with van der Waals surface area (Å²) in [5.41, 5.74) is 1.15. The molecule has 0 amide bonds. The second kappa shape index (κ2) is 5.93. The first-order valence-electron chi connectivity index (χ1n) is 6.57. The van der Waals surface area contributed by atoms with Crippen molar-refractivity contribution in [2.45, 2.75) is 32.9 Å². The van der Waals surface area contributed by atoms with E-state index < -0.39 is 0 Å². The van der Waals surface area contributed by atoms with Gasteiger partial charge in [0.1, 0.15) is 17.3 Å². The number of hydrogen-bond acceptors (Lipinski definition) is 3. The summed E-state index contributed by atoms with van der Waals surface area (Å²) in [6.07, 6.45) is 0. The zero-order chi connectivity index (χ0) is 13.8. The highest BCUT2D eigenvalue weighted by atomic mass is 16.5. The Morgan fingerprint density at radius 2 is 1.79 bits per heavy atom. The Labute approximate surface area is 114 Å². The Hall–Kier alpha value is -1.74. The summed E-state index contributed by atoms with van der Waals surface area (Å²) in [5, 5.41) is 3.53. The molecule has 0 aliphatic rings. The first kappa shape index (κ1) is 13.7. The highest BCUT2D eigenvalue weighted by Gasteiger charge is 2.16. The van der Waals surface area contributed by atoms with Crippen molar-refractivity contribution in [1.82, 2.24) is 5.32 Å². The van der Waals surface area contributed by atoms with Crippen molar-refractivity contribution in [2.24, 2.45) is 0 Å². The van der Waals surface area contributed by atoms with Crippen LogP contribution in [0.5, 0.6) is 5.75 Å². The van der Waals surface area contributed by atoms with Crippen LogP contribution in [-0.4, -0.2) is 7.11 Å². The molecule has 3 heteroatoms. The van der Waals surface area contributed by atoms with E-state index in [-0.39, 0.29) is 12.1 Å². The molecule has 19 heavy (non-hydrogen) atoms. The second-order valence-electron chi connectivity index (χ2n) is 4.80. The molecule has 1 N–H and O–H groups in total. The molecule has 0 bridgehead atoms. The zero-order valence-electron chi connectivity index (χ0n) is 11.9. The van der Waals surface area contributed by atoms with Crippen molar-refractivity contribution in [1.29, 1.82) is 0 Å². The largest absolute Gasteiger partial charge is 0.496 e. The van der Waals surface area contributed by atoms with Crippen LogP contribution in [0, 0.1) is 6.92 Å². The van der Waals surface area contributed by atoms with Gasteiger partial charge in [0.05, 0.1) is 13.2 Å². The third-order valence-electron chi connectivity index (χ3n) is 3.29.